The van der Waals surface area contributed by atoms with Crippen molar-refractivity contribution >= 4 is 12.3 Å². The Morgan fingerprint density at radius 1 is 1.40 bits per heavy atom. The number of hydrogen-bond acceptors (Lipinski definition) is 3. The van der Waals surface area contributed by atoms with Crippen LogP contribution in [0.2, 0.25) is 0 Å². The fraction of sp³-hybridized carbons (Fsp3) is 0.667. The van der Waals surface area contributed by atoms with Crippen LogP contribution in [0.3, 0.4) is 0 Å². The van der Waals surface area contributed by atoms with Crippen molar-refractivity contribution in [2.45, 2.75) is 33.6 Å². The van der Waals surface area contributed by atoms with Gasteiger partial charge >= 0.3 is 5.97 Å². The highest BCUT2D eigenvalue weighted by atomic mass is 16.5. The molecule has 0 aromatic carbocycles. The van der Waals surface area contributed by atoms with Gasteiger partial charge in [-0.1, -0.05) is 19.9 Å². The van der Waals surface area contributed by atoms with E-state index in [4.69, 9.17) is 4.74 Å². The summed E-state index contributed by atoms with van der Waals surface area (Å²) in [6.07, 6.45) is 5.53. The van der Waals surface area contributed by atoms with Crippen molar-refractivity contribution in [3.8, 4) is 0 Å². The van der Waals surface area contributed by atoms with Crippen LogP contribution in [0.4, 0.5) is 0 Å². The summed E-state index contributed by atoms with van der Waals surface area (Å²) in [4.78, 5) is 21.3. The monoisotopic (exact) mass is 212 g/mol. The Kier molecular flexibility index (Phi) is 7.60. The van der Waals surface area contributed by atoms with Crippen molar-refractivity contribution in [2.75, 3.05) is 6.61 Å². The van der Waals surface area contributed by atoms with Gasteiger partial charge < -0.3 is 9.53 Å². The number of rotatable bonds is 7. The van der Waals surface area contributed by atoms with E-state index >= 15 is 0 Å². The molecule has 0 rings (SSSR count). The third-order valence-electron chi connectivity index (χ3n) is 2.24. The predicted molar refractivity (Wildman–Crippen MR) is 59.4 cm³/mol. The van der Waals surface area contributed by atoms with Crippen LogP contribution in [0.25, 0.3) is 0 Å². The van der Waals surface area contributed by atoms with E-state index in [0.29, 0.717) is 18.9 Å². The molecular formula is C12H20O3. The summed E-state index contributed by atoms with van der Waals surface area (Å²) in [6, 6.07) is 0. The minimum absolute atomic E-state index is 0.264. The first kappa shape index (κ1) is 13.9. The number of allylic oxidation sites excluding steroid dienone is 1. The molecular weight excluding hydrogens is 192 g/mol. The maximum Gasteiger partial charge on any atom is 0.330 e. The van der Waals surface area contributed by atoms with Crippen LogP contribution in [0.1, 0.15) is 33.6 Å². The van der Waals surface area contributed by atoms with Crippen molar-refractivity contribution in [2.24, 2.45) is 11.8 Å². The first-order valence-corrected chi connectivity index (χ1v) is 5.40. The van der Waals surface area contributed by atoms with E-state index < -0.39 is 0 Å². The highest BCUT2D eigenvalue weighted by Crippen LogP contribution is 2.17. The highest BCUT2D eigenvalue weighted by molar-refractivity contribution is 5.81. The first-order valence-electron chi connectivity index (χ1n) is 5.40. The molecule has 86 valence electrons. The summed E-state index contributed by atoms with van der Waals surface area (Å²) in [5.74, 6) is 0.379. The van der Waals surface area contributed by atoms with Gasteiger partial charge in [0.25, 0.3) is 0 Å². The Bertz CT molecular complexity index is 219. The molecule has 0 aromatic rings. The second-order valence-electron chi connectivity index (χ2n) is 3.76. The molecule has 0 bridgehead atoms. The lowest BCUT2D eigenvalue weighted by Crippen LogP contribution is -2.07. The molecule has 0 amide bonds. The minimum atomic E-state index is -0.311. The summed E-state index contributed by atoms with van der Waals surface area (Å²) in [6.45, 7) is 6.32. The number of ether oxygens (including phenoxy) is 1. The maximum absolute atomic E-state index is 11.1. The van der Waals surface area contributed by atoms with Crippen molar-refractivity contribution in [3.05, 3.63) is 12.2 Å². The van der Waals surface area contributed by atoms with E-state index in [1.54, 1.807) is 6.92 Å². The average molecular weight is 212 g/mol. The highest BCUT2D eigenvalue weighted by Gasteiger charge is 2.09. The average Bonchev–Trinajstić information content (AvgIpc) is 2.17. The van der Waals surface area contributed by atoms with Gasteiger partial charge in [0.2, 0.25) is 0 Å². The molecule has 1 unspecified atom stereocenters. The first-order chi connectivity index (χ1) is 7.11. The van der Waals surface area contributed by atoms with Crippen LogP contribution in [-0.2, 0) is 14.3 Å². The summed E-state index contributed by atoms with van der Waals surface area (Å²) in [5.41, 5.74) is 0. The summed E-state index contributed by atoms with van der Waals surface area (Å²) in [7, 11) is 0. The van der Waals surface area contributed by atoms with E-state index in [1.807, 2.05) is 6.08 Å². The Balaban J connectivity index is 4.14. The fourth-order valence-corrected chi connectivity index (χ4v) is 1.30. The molecule has 0 fully saturated rings. The Morgan fingerprint density at radius 3 is 2.53 bits per heavy atom. The molecule has 1 atom stereocenters. The Morgan fingerprint density at radius 2 is 2.07 bits per heavy atom. The van der Waals surface area contributed by atoms with Crippen LogP contribution in [0.15, 0.2) is 12.2 Å². The van der Waals surface area contributed by atoms with Gasteiger partial charge in [-0.3, -0.25) is 0 Å². The van der Waals surface area contributed by atoms with Gasteiger partial charge in [-0.25, -0.2) is 4.79 Å². The summed E-state index contributed by atoms with van der Waals surface area (Å²) < 4.78 is 4.78. The van der Waals surface area contributed by atoms with E-state index in [0.717, 1.165) is 12.7 Å². The number of aldehydes is 1. The molecule has 0 heterocycles. The third-order valence-corrected chi connectivity index (χ3v) is 2.24. The van der Waals surface area contributed by atoms with E-state index in [9.17, 15) is 9.59 Å². The zero-order valence-corrected chi connectivity index (χ0v) is 9.73. The van der Waals surface area contributed by atoms with Gasteiger partial charge in [0.05, 0.1) is 6.61 Å². The molecule has 0 spiro atoms. The standard InChI is InChI=1S/C12H20O3/c1-4-15-12(14)8-7-11(10(2)3)6-5-9-13/h7-11H,4-6H2,1-3H3/b8-7+. The second kappa shape index (κ2) is 8.21. The van der Waals surface area contributed by atoms with Crippen molar-refractivity contribution < 1.29 is 14.3 Å². The molecule has 0 radical (unpaired) electrons. The van der Waals surface area contributed by atoms with Crippen molar-refractivity contribution in [3.63, 3.8) is 0 Å². The maximum atomic E-state index is 11.1. The zero-order chi connectivity index (χ0) is 11.7. The Labute approximate surface area is 91.5 Å². The van der Waals surface area contributed by atoms with E-state index in [2.05, 4.69) is 13.8 Å². The lowest BCUT2D eigenvalue weighted by atomic mass is 9.91. The van der Waals surface area contributed by atoms with E-state index in [-0.39, 0.29) is 11.9 Å². The van der Waals surface area contributed by atoms with Gasteiger partial charge in [0, 0.05) is 12.5 Å². The topological polar surface area (TPSA) is 43.4 Å². The number of hydrogen-bond donors (Lipinski definition) is 0. The molecule has 0 N–H and O–H groups in total. The number of carbonyl (C=O) groups is 2. The van der Waals surface area contributed by atoms with Gasteiger partial charge in [-0.15, -0.1) is 0 Å². The van der Waals surface area contributed by atoms with Crippen LogP contribution < -0.4 is 0 Å². The van der Waals surface area contributed by atoms with Crippen LogP contribution in [0, 0.1) is 11.8 Å². The zero-order valence-electron chi connectivity index (χ0n) is 9.73. The smallest absolute Gasteiger partial charge is 0.330 e. The van der Waals surface area contributed by atoms with Crippen LogP contribution in [-0.4, -0.2) is 18.9 Å². The molecule has 15 heavy (non-hydrogen) atoms. The Hall–Kier alpha value is -1.12. The molecule has 3 heteroatoms. The van der Waals surface area contributed by atoms with Gasteiger partial charge in [-0.2, -0.15) is 0 Å². The van der Waals surface area contributed by atoms with Crippen LogP contribution >= 0.6 is 0 Å². The van der Waals surface area contributed by atoms with Gasteiger partial charge in [0.15, 0.2) is 0 Å². The summed E-state index contributed by atoms with van der Waals surface area (Å²) >= 11 is 0. The molecule has 0 saturated carbocycles. The predicted octanol–water partition coefficient (Wildman–Crippen LogP) is 2.36. The quantitative estimate of drug-likeness (QED) is 0.369. The van der Waals surface area contributed by atoms with Crippen molar-refractivity contribution in [1.29, 1.82) is 0 Å². The van der Waals surface area contributed by atoms with Crippen LogP contribution in [0.5, 0.6) is 0 Å². The fourth-order valence-electron chi connectivity index (χ4n) is 1.30. The lowest BCUT2D eigenvalue weighted by molar-refractivity contribution is -0.137. The molecule has 3 nitrogen and oxygen atoms in total. The number of carbonyl (C=O) groups excluding carboxylic acids is 2. The normalized spacial score (nSPS) is 13.1. The van der Waals surface area contributed by atoms with Crippen molar-refractivity contribution in [1.82, 2.24) is 0 Å². The number of esters is 1. The molecule has 0 aliphatic rings. The summed E-state index contributed by atoms with van der Waals surface area (Å²) in [5, 5.41) is 0. The molecule has 0 aliphatic carbocycles. The minimum Gasteiger partial charge on any atom is -0.463 e. The molecule has 0 aromatic heterocycles. The van der Waals surface area contributed by atoms with Gasteiger partial charge in [-0.05, 0) is 25.2 Å². The molecule has 0 aliphatic heterocycles. The SMILES string of the molecule is CCOC(=O)/C=C/C(CCC=O)C(C)C. The molecule has 0 saturated heterocycles. The lowest BCUT2D eigenvalue weighted by Gasteiger charge is -2.14. The van der Waals surface area contributed by atoms with Gasteiger partial charge in [0.1, 0.15) is 6.29 Å². The van der Waals surface area contributed by atoms with E-state index in [1.165, 1.54) is 6.08 Å². The second-order valence-corrected chi connectivity index (χ2v) is 3.76. The third kappa shape index (κ3) is 6.89. The largest absolute Gasteiger partial charge is 0.463 e.